The zero-order valence-electron chi connectivity index (χ0n) is 11.3. The summed E-state index contributed by atoms with van der Waals surface area (Å²) in [4.78, 5) is 2.56. The minimum atomic E-state index is 0.569. The van der Waals surface area contributed by atoms with Crippen LogP contribution in [0.25, 0.3) is 0 Å². The highest BCUT2D eigenvalue weighted by atomic mass is 16.5. The SMILES string of the molecule is CNCC1CCN(CCOC2CCCCC2)C1. The molecular formula is C14H28N2O. The predicted octanol–water partition coefficient (Wildman–Crippen LogP) is 1.88. The molecule has 1 saturated carbocycles. The fourth-order valence-corrected chi connectivity index (χ4v) is 3.15. The van der Waals surface area contributed by atoms with Crippen LogP contribution in [0.4, 0.5) is 0 Å². The van der Waals surface area contributed by atoms with Gasteiger partial charge in [-0.15, -0.1) is 0 Å². The maximum absolute atomic E-state index is 5.98. The summed E-state index contributed by atoms with van der Waals surface area (Å²) in [6.07, 6.45) is 8.67. The highest BCUT2D eigenvalue weighted by Gasteiger charge is 2.21. The van der Waals surface area contributed by atoms with Crippen LogP contribution in [0.5, 0.6) is 0 Å². The largest absolute Gasteiger partial charge is 0.377 e. The first-order chi connectivity index (χ1) is 8.38. The molecule has 17 heavy (non-hydrogen) atoms. The summed E-state index contributed by atoms with van der Waals surface area (Å²) in [5.74, 6) is 0.856. The van der Waals surface area contributed by atoms with Gasteiger partial charge in [-0.2, -0.15) is 0 Å². The van der Waals surface area contributed by atoms with Gasteiger partial charge < -0.3 is 15.0 Å². The molecule has 1 aliphatic heterocycles. The second-order valence-corrected chi connectivity index (χ2v) is 5.64. The molecule has 2 rings (SSSR count). The topological polar surface area (TPSA) is 24.5 Å². The van der Waals surface area contributed by atoms with Gasteiger partial charge in [0.2, 0.25) is 0 Å². The molecule has 1 atom stereocenters. The third-order valence-corrected chi connectivity index (χ3v) is 4.18. The number of rotatable bonds is 6. The van der Waals surface area contributed by atoms with E-state index in [4.69, 9.17) is 4.74 Å². The molecule has 1 N–H and O–H groups in total. The molecule has 3 nitrogen and oxygen atoms in total. The van der Waals surface area contributed by atoms with Crippen LogP contribution in [0.2, 0.25) is 0 Å². The minimum Gasteiger partial charge on any atom is -0.377 e. The number of hydrogen-bond donors (Lipinski definition) is 1. The average molecular weight is 240 g/mol. The summed E-state index contributed by atoms with van der Waals surface area (Å²) in [5, 5.41) is 3.28. The van der Waals surface area contributed by atoms with Crippen molar-refractivity contribution in [2.45, 2.75) is 44.6 Å². The molecule has 3 heteroatoms. The van der Waals surface area contributed by atoms with Crippen molar-refractivity contribution in [1.82, 2.24) is 10.2 Å². The Kier molecular flexibility index (Phi) is 5.75. The molecule has 1 heterocycles. The van der Waals surface area contributed by atoms with Crippen LogP contribution in [0.3, 0.4) is 0 Å². The van der Waals surface area contributed by atoms with Crippen molar-refractivity contribution in [3.63, 3.8) is 0 Å². The molecule has 1 unspecified atom stereocenters. The second kappa shape index (κ2) is 7.34. The third-order valence-electron chi connectivity index (χ3n) is 4.18. The van der Waals surface area contributed by atoms with E-state index >= 15 is 0 Å². The first-order valence-electron chi connectivity index (χ1n) is 7.37. The van der Waals surface area contributed by atoms with Crippen LogP contribution in [0.1, 0.15) is 38.5 Å². The van der Waals surface area contributed by atoms with E-state index in [-0.39, 0.29) is 0 Å². The van der Waals surface area contributed by atoms with Crippen LogP contribution < -0.4 is 5.32 Å². The summed E-state index contributed by atoms with van der Waals surface area (Å²) in [7, 11) is 2.05. The van der Waals surface area contributed by atoms with E-state index < -0.39 is 0 Å². The molecule has 0 aromatic carbocycles. The normalized spacial score (nSPS) is 27.7. The van der Waals surface area contributed by atoms with Gasteiger partial charge in [0.25, 0.3) is 0 Å². The summed E-state index contributed by atoms with van der Waals surface area (Å²) in [5.41, 5.74) is 0. The zero-order valence-corrected chi connectivity index (χ0v) is 11.3. The molecular weight excluding hydrogens is 212 g/mol. The molecule has 1 saturated heterocycles. The van der Waals surface area contributed by atoms with Gasteiger partial charge >= 0.3 is 0 Å². The fourth-order valence-electron chi connectivity index (χ4n) is 3.15. The molecule has 2 fully saturated rings. The van der Waals surface area contributed by atoms with Crippen LogP contribution in [0, 0.1) is 5.92 Å². The Morgan fingerprint density at radius 3 is 2.76 bits per heavy atom. The number of nitrogens with one attached hydrogen (secondary N) is 1. The van der Waals surface area contributed by atoms with Gasteiger partial charge in [-0.25, -0.2) is 0 Å². The lowest BCUT2D eigenvalue weighted by atomic mass is 9.98. The van der Waals surface area contributed by atoms with Gasteiger partial charge in [0.15, 0.2) is 0 Å². The first-order valence-corrected chi connectivity index (χ1v) is 7.37. The van der Waals surface area contributed by atoms with E-state index in [2.05, 4.69) is 17.3 Å². The van der Waals surface area contributed by atoms with Gasteiger partial charge in [0, 0.05) is 13.1 Å². The Balaban J connectivity index is 1.53. The summed E-state index contributed by atoms with van der Waals surface area (Å²) < 4.78 is 5.98. The Hall–Kier alpha value is -0.120. The Morgan fingerprint density at radius 1 is 1.18 bits per heavy atom. The lowest BCUT2D eigenvalue weighted by Gasteiger charge is -2.23. The Bertz CT molecular complexity index is 204. The highest BCUT2D eigenvalue weighted by molar-refractivity contribution is 4.76. The molecule has 1 aliphatic carbocycles. The molecule has 0 aromatic rings. The van der Waals surface area contributed by atoms with Crippen molar-refractivity contribution in [2.75, 3.05) is 39.8 Å². The molecule has 0 bridgehead atoms. The van der Waals surface area contributed by atoms with Crippen molar-refractivity contribution in [1.29, 1.82) is 0 Å². The Morgan fingerprint density at radius 2 is 2.00 bits per heavy atom. The van der Waals surface area contributed by atoms with Crippen molar-refractivity contribution < 1.29 is 4.74 Å². The summed E-state index contributed by atoms with van der Waals surface area (Å²) in [6, 6.07) is 0. The van der Waals surface area contributed by atoms with Crippen molar-refractivity contribution in [3.05, 3.63) is 0 Å². The van der Waals surface area contributed by atoms with Crippen LogP contribution in [0.15, 0.2) is 0 Å². The van der Waals surface area contributed by atoms with Crippen molar-refractivity contribution in [2.24, 2.45) is 5.92 Å². The lowest BCUT2D eigenvalue weighted by Crippen LogP contribution is -2.29. The maximum Gasteiger partial charge on any atom is 0.0597 e. The van der Waals surface area contributed by atoms with Gasteiger partial charge in [-0.05, 0) is 45.3 Å². The fraction of sp³-hybridized carbons (Fsp3) is 1.00. The molecule has 0 amide bonds. The van der Waals surface area contributed by atoms with Gasteiger partial charge in [-0.3, -0.25) is 0 Å². The van der Waals surface area contributed by atoms with Crippen molar-refractivity contribution >= 4 is 0 Å². The quantitative estimate of drug-likeness (QED) is 0.767. The van der Waals surface area contributed by atoms with Crippen molar-refractivity contribution in [3.8, 4) is 0 Å². The summed E-state index contributed by atoms with van der Waals surface area (Å²) in [6.45, 7) is 5.77. The van der Waals surface area contributed by atoms with E-state index in [1.54, 1.807) is 0 Å². The second-order valence-electron chi connectivity index (χ2n) is 5.64. The smallest absolute Gasteiger partial charge is 0.0597 e. The van der Waals surface area contributed by atoms with E-state index in [0.717, 1.165) is 19.1 Å². The zero-order chi connectivity index (χ0) is 11.9. The molecule has 0 aromatic heterocycles. The predicted molar refractivity (Wildman–Crippen MR) is 71.3 cm³/mol. The average Bonchev–Trinajstić information content (AvgIpc) is 2.79. The number of nitrogens with zero attached hydrogens (tertiary/aromatic N) is 1. The molecule has 0 spiro atoms. The van der Waals surface area contributed by atoms with Gasteiger partial charge in [0.1, 0.15) is 0 Å². The van der Waals surface area contributed by atoms with E-state index in [1.165, 1.54) is 58.2 Å². The van der Waals surface area contributed by atoms with Crippen LogP contribution >= 0.6 is 0 Å². The van der Waals surface area contributed by atoms with E-state index in [9.17, 15) is 0 Å². The number of ether oxygens (including phenoxy) is 1. The van der Waals surface area contributed by atoms with Crippen LogP contribution in [-0.2, 0) is 4.74 Å². The highest BCUT2D eigenvalue weighted by Crippen LogP contribution is 2.20. The van der Waals surface area contributed by atoms with Gasteiger partial charge in [-0.1, -0.05) is 19.3 Å². The maximum atomic E-state index is 5.98. The van der Waals surface area contributed by atoms with E-state index in [0.29, 0.717) is 6.10 Å². The first kappa shape index (κ1) is 13.3. The van der Waals surface area contributed by atoms with Gasteiger partial charge in [0.05, 0.1) is 12.7 Å². The molecule has 0 radical (unpaired) electrons. The standard InChI is InChI=1S/C14H28N2O/c1-15-11-13-7-8-16(12-13)9-10-17-14-5-3-2-4-6-14/h13-15H,2-12H2,1H3. The monoisotopic (exact) mass is 240 g/mol. The minimum absolute atomic E-state index is 0.569. The Labute approximate surface area is 106 Å². The third kappa shape index (κ3) is 4.57. The summed E-state index contributed by atoms with van der Waals surface area (Å²) >= 11 is 0. The molecule has 2 aliphatic rings. The van der Waals surface area contributed by atoms with E-state index in [1.807, 2.05) is 0 Å². The van der Waals surface area contributed by atoms with Crippen LogP contribution in [-0.4, -0.2) is 50.8 Å². The number of hydrogen-bond acceptors (Lipinski definition) is 3. The molecule has 100 valence electrons. The number of likely N-dealkylation sites (tertiary alicyclic amines) is 1. The lowest BCUT2D eigenvalue weighted by molar-refractivity contribution is 0.0184.